The molecule has 6 amide bonds. The van der Waals surface area contributed by atoms with Crippen LogP contribution >= 0.6 is 0 Å². The summed E-state index contributed by atoms with van der Waals surface area (Å²) in [5.74, 6) is -6.87. The van der Waals surface area contributed by atoms with Crippen molar-refractivity contribution in [1.29, 1.82) is 0 Å². The third kappa shape index (κ3) is 27.9. The molecule has 0 aliphatic rings. The SMILES string of the molecule is CC(C)(C)OC(=O)NCCCC[C@H](NC(=O)CCCCCCCNC(=O)CC[C@H](NC(=O)N[C@@H](CCC(=O)O)C(=O)O)C(=O)O)C(=O)N[C@@H](CCCCN)C(=O)O. The topological polar surface area (TPSA) is 342 Å². The zero-order valence-electron chi connectivity index (χ0n) is 33.2. The van der Waals surface area contributed by atoms with Gasteiger partial charge in [0.15, 0.2) is 0 Å². The summed E-state index contributed by atoms with van der Waals surface area (Å²) in [6, 6.07) is -6.32. The second-order valence-electron chi connectivity index (χ2n) is 14.5. The number of hydrogen-bond donors (Lipinski definition) is 11. The predicted octanol–water partition coefficient (Wildman–Crippen LogP) is 1.17. The molecule has 0 bridgehead atoms. The number of amides is 6. The van der Waals surface area contributed by atoms with Crippen LogP contribution in [0.1, 0.15) is 124 Å². The Balaban J connectivity index is 4.71. The average molecular weight is 818 g/mol. The number of alkyl carbamates (subject to hydrolysis) is 1. The van der Waals surface area contributed by atoms with Gasteiger partial charge in [0.25, 0.3) is 0 Å². The Kier molecular flexibility index (Phi) is 26.4. The molecule has 0 aromatic carbocycles. The highest BCUT2D eigenvalue weighted by Gasteiger charge is 2.27. The Morgan fingerprint density at radius 2 is 1.02 bits per heavy atom. The van der Waals surface area contributed by atoms with Crippen LogP contribution in [0.2, 0.25) is 0 Å². The molecule has 326 valence electrons. The van der Waals surface area contributed by atoms with Gasteiger partial charge in [-0.05, 0) is 91.5 Å². The third-order valence-electron chi connectivity index (χ3n) is 8.22. The molecule has 0 aliphatic carbocycles. The van der Waals surface area contributed by atoms with Crippen molar-refractivity contribution in [3.63, 3.8) is 0 Å². The summed E-state index contributed by atoms with van der Waals surface area (Å²) in [5, 5.41) is 51.5. The number of aliphatic carboxylic acids is 4. The first-order chi connectivity index (χ1) is 26.7. The Bertz CT molecular complexity index is 1320. The number of unbranched alkanes of at least 4 members (excludes halogenated alkanes) is 6. The number of urea groups is 1. The maximum atomic E-state index is 13.1. The molecular weight excluding hydrogens is 754 g/mol. The van der Waals surface area contributed by atoms with Gasteiger partial charge in [-0.2, -0.15) is 0 Å². The molecule has 0 fully saturated rings. The van der Waals surface area contributed by atoms with Crippen LogP contribution in [0, 0.1) is 0 Å². The van der Waals surface area contributed by atoms with Gasteiger partial charge in [-0.3, -0.25) is 19.2 Å². The average Bonchev–Trinajstić information content (AvgIpc) is 3.10. The number of carboxylic acid groups (broad SMARTS) is 4. The molecular formula is C36H63N7O14. The van der Waals surface area contributed by atoms with E-state index >= 15 is 0 Å². The molecule has 21 heteroatoms. The van der Waals surface area contributed by atoms with E-state index in [4.69, 9.17) is 20.7 Å². The zero-order chi connectivity index (χ0) is 43.4. The Hall–Kier alpha value is -5.21. The molecule has 0 aromatic heterocycles. The van der Waals surface area contributed by atoms with E-state index in [0.717, 1.165) is 6.42 Å². The first-order valence-electron chi connectivity index (χ1n) is 19.3. The van der Waals surface area contributed by atoms with E-state index in [0.29, 0.717) is 64.5 Å². The lowest BCUT2D eigenvalue weighted by Gasteiger charge is -2.22. The van der Waals surface area contributed by atoms with E-state index in [9.17, 15) is 53.4 Å². The van der Waals surface area contributed by atoms with E-state index in [1.54, 1.807) is 20.8 Å². The molecule has 0 radical (unpaired) electrons. The second kappa shape index (κ2) is 29.1. The monoisotopic (exact) mass is 817 g/mol. The van der Waals surface area contributed by atoms with Crippen molar-refractivity contribution in [3.8, 4) is 0 Å². The molecule has 0 heterocycles. The van der Waals surface area contributed by atoms with Crippen LogP contribution in [0.25, 0.3) is 0 Å². The van der Waals surface area contributed by atoms with Gasteiger partial charge in [0.05, 0.1) is 0 Å². The fraction of sp³-hybridized carbons (Fsp3) is 0.750. The van der Waals surface area contributed by atoms with E-state index in [2.05, 4.69) is 26.6 Å². The fourth-order valence-corrected chi connectivity index (χ4v) is 5.21. The van der Waals surface area contributed by atoms with Gasteiger partial charge >= 0.3 is 36.0 Å². The van der Waals surface area contributed by atoms with Crippen molar-refractivity contribution in [2.45, 2.75) is 153 Å². The number of nitrogens with one attached hydrogen (secondary N) is 6. The Morgan fingerprint density at radius 3 is 1.58 bits per heavy atom. The standard InChI is InChI=1S/C36H63N7O14/c1-36(2,3)57-35(56)39-22-12-9-13-23(30(48)41-24(31(49)50)14-8-10-20-37)40-28(45)15-7-5-4-6-11-21-38-27(44)18-16-25(32(51)52)42-34(55)43-26(33(53)54)17-19-29(46)47/h23-26H,4-22,37H2,1-3H3,(H,38,44)(H,39,56)(H,40,45)(H,41,48)(H,46,47)(H,49,50)(H,51,52)(H,53,54)(H2,42,43,55)/t23-,24-,25-,26-/m0/s1. The Labute approximate surface area is 332 Å². The van der Waals surface area contributed by atoms with E-state index in [1.807, 2.05) is 5.32 Å². The van der Waals surface area contributed by atoms with Gasteiger partial charge in [0.2, 0.25) is 17.7 Å². The largest absolute Gasteiger partial charge is 0.481 e. The first-order valence-corrected chi connectivity index (χ1v) is 19.3. The van der Waals surface area contributed by atoms with Crippen LogP contribution in [0.3, 0.4) is 0 Å². The van der Waals surface area contributed by atoms with Crippen LogP contribution < -0.4 is 37.6 Å². The van der Waals surface area contributed by atoms with Crippen LogP contribution in [0.5, 0.6) is 0 Å². The maximum Gasteiger partial charge on any atom is 0.407 e. The summed E-state index contributed by atoms with van der Waals surface area (Å²) in [4.78, 5) is 107. The van der Waals surface area contributed by atoms with Crippen molar-refractivity contribution < 1.29 is 68.3 Å². The summed E-state index contributed by atoms with van der Waals surface area (Å²) in [6.45, 7) is 6.17. The third-order valence-corrected chi connectivity index (χ3v) is 8.22. The molecule has 57 heavy (non-hydrogen) atoms. The lowest BCUT2D eigenvalue weighted by Crippen LogP contribution is -2.51. The summed E-state index contributed by atoms with van der Waals surface area (Å²) in [6.07, 6.45) is 3.67. The van der Waals surface area contributed by atoms with Crippen molar-refractivity contribution >= 4 is 53.7 Å². The van der Waals surface area contributed by atoms with E-state index in [1.165, 1.54) is 0 Å². The molecule has 0 saturated carbocycles. The van der Waals surface area contributed by atoms with Gasteiger partial charge < -0.3 is 62.8 Å². The number of carboxylic acids is 4. The van der Waals surface area contributed by atoms with Crippen molar-refractivity contribution in [3.05, 3.63) is 0 Å². The maximum absolute atomic E-state index is 13.1. The molecule has 21 nitrogen and oxygen atoms in total. The van der Waals surface area contributed by atoms with Gasteiger partial charge in [0.1, 0.15) is 29.8 Å². The highest BCUT2D eigenvalue weighted by molar-refractivity contribution is 5.90. The Morgan fingerprint density at radius 1 is 0.526 bits per heavy atom. The van der Waals surface area contributed by atoms with Gasteiger partial charge in [-0.25, -0.2) is 24.0 Å². The summed E-state index contributed by atoms with van der Waals surface area (Å²) < 4.78 is 5.20. The number of rotatable bonds is 31. The first kappa shape index (κ1) is 51.8. The highest BCUT2D eigenvalue weighted by Crippen LogP contribution is 2.10. The van der Waals surface area contributed by atoms with Gasteiger partial charge in [-0.15, -0.1) is 0 Å². The number of carbonyl (C=O) groups is 9. The van der Waals surface area contributed by atoms with Crippen molar-refractivity contribution in [1.82, 2.24) is 31.9 Å². The molecule has 4 atom stereocenters. The fourth-order valence-electron chi connectivity index (χ4n) is 5.21. The van der Waals surface area contributed by atoms with E-state index < -0.39 is 90.4 Å². The lowest BCUT2D eigenvalue weighted by molar-refractivity contribution is -0.142. The molecule has 0 aliphatic heterocycles. The quantitative estimate of drug-likeness (QED) is 0.0438. The summed E-state index contributed by atoms with van der Waals surface area (Å²) in [5.41, 5.74) is 4.84. The molecule has 0 rings (SSSR count). The molecule has 0 spiro atoms. The van der Waals surface area contributed by atoms with Gasteiger partial charge in [0, 0.05) is 32.4 Å². The second-order valence-corrected chi connectivity index (χ2v) is 14.5. The van der Waals surface area contributed by atoms with E-state index in [-0.39, 0.29) is 44.6 Å². The molecule has 12 N–H and O–H groups in total. The number of carbonyl (C=O) groups excluding carboxylic acids is 5. The molecule has 0 saturated heterocycles. The number of nitrogens with two attached hydrogens (primary N) is 1. The molecule has 0 unspecified atom stereocenters. The number of ether oxygens (including phenoxy) is 1. The van der Waals surface area contributed by atoms with Crippen LogP contribution in [0.4, 0.5) is 9.59 Å². The smallest absolute Gasteiger partial charge is 0.407 e. The summed E-state index contributed by atoms with van der Waals surface area (Å²) in [7, 11) is 0. The van der Waals surface area contributed by atoms with Crippen LogP contribution in [-0.2, 0) is 38.3 Å². The van der Waals surface area contributed by atoms with Crippen LogP contribution in [0.15, 0.2) is 0 Å². The van der Waals surface area contributed by atoms with Crippen molar-refractivity contribution in [2.24, 2.45) is 5.73 Å². The van der Waals surface area contributed by atoms with Gasteiger partial charge in [-0.1, -0.05) is 19.3 Å². The normalized spacial score (nSPS) is 13.1. The summed E-state index contributed by atoms with van der Waals surface area (Å²) >= 11 is 0. The van der Waals surface area contributed by atoms with Crippen molar-refractivity contribution in [2.75, 3.05) is 19.6 Å². The minimum Gasteiger partial charge on any atom is -0.481 e. The zero-order valence-corrected chi connectivity index (χ0v) is 33.2. The number of hydrogen-bond acceptors (Lipinski definition) is 11. The minimum atomic E-state index is -1.55. The minimum absolute atomic E-state index is 0.121. The predicted molar refractivity (Wildman–Crippen MR) is 204 cm³/mol. The highest BCUT2D eigenvalue weighted by atomic mass is 16.6. The van der Waals surface area contributed by atoms with Crippen LogP contribution in [-0.4, -0.2) is 124 Å². The molecule has 0 aromatic rings. The lowest BCUT2D eigenvalue weighted by atomic mass is 10.1.